The fourth-order valence-corrected chi connectivity index (χ4v) is 2.01. The standard InChI is InChI=1S/C16H14FNO2/c17-13-3-5-14(6-4-13)19-10-15-8-12-2-1-11(9-18)7-16(12)20-15/h1-8H,9-10,18H2. The van der Waals surface area contributed by atoms with E-state index in [1.54, 1.807) is 12.1 Å². The monoisotopic (exact) mass is 271 g/mol. The number of fused-ring (bicyclic) bond motifs is 1. The van der Waals surface area contributed by atoms with Gasteiger partial charge in [0.05, 0.1) is 0 Å². The van der Waals surface area contributed by atoms with Crippen molar-refractivity contribution >= 4 is 11.0 Å². The maximum atomic E-state index is 12.8. The second-order valence-electron chi connectivity index (χ2n) is 4.53. The molecule has 0 aliphatic heterocycles. The molecule has 0 saturated heterocycles. The number of hydrogen-bond donors (Lipinski definition) is 1. The Morgan fingerprint density at radius 3 is 2.60 bits per heavy atom. The van der Waals surface area contributed by atoms with Crippen LogP contribution in [0.2, 0.25) is 0 Å². The van der Waals surface area contributed by atoms with Crippen LogP contribution in [0.5, 0.6) is 5.75 Å². The molecule has 1 aromatic heterocycles. The molecule has 0 radical (unpaired) electrons. The summed E-state index contributed by atoms with van der Waals surface area (Å²) in [6.07, 6.45) is 0. The highest BCUT2D eigenvalue weighted by atomic mass is 19.1. The first-order valence-electron chi connectivity index (χ1n) is 6.34. The quantitative estimate of drug-likeness (QED) is 0.788. The number of nitrogens with two attached hydrogens (primary N) is 1. The van der Waals surface area contributed by atoms with Gasteiger partial charge < -0.3 is 14.9 Å². The maximum Gasteiger partial charge on any atom is 0.146 e. The van der Waals surface area contributed by atoms with Gasteiger partial charge in [0.1, 0.15) is 29.5 Å². The van der Waals surface area contributed by atoms with Gasteiger partial charge in [0.2, 0.25) is 0 Å². The van der Waals surface area contributed by atoms with Gasteiger partial charge in [0.15, 0.2) is 0 Å². The Labute approximate surface area is 115 Å². The van der Waals surface area contributed by atoms with E-state index in [4.69, 9.17) is 14.9 Å². The molecule has 2 aromatic carbocycles. The fraction of sp³-hybridized carbons (Fsp3) is 0.125. The van der Waals surface area contributed by atoms with Crippen LogP contribution in [0, 0.1) is 5.82 Å². The topological polar surface area (TPSA) is 48.4 Å². The molecule has 0 unspecified atom stereocenters. The van der Waals surface area contributed by atoms with Crippen molar-refractivity contribution in [1.82, 2.24) is 0 Å². The summed E-state index contributed by atoms with van der Waals surface area (Å²) in [5, 5.41) is 1.01. The smallest absolute Gasteiger partial charge is 0.146 e. The third-order valence-corrected chi connectivity index (χ3v) is 3.07. The van der Waals surface area contributed by atoms with E-state index in [0.717, 1.165) is 22.3 Å². The zero-order chi connectivity index (χ0) is 13.9. The summed E-state index contributed by atoms with van der Waals surface area (Å²) in [7, 11) is 0. The van der Waals surface area contributed by atoms with Gasteiger partial charge >= 0.3 is 0 Å². The predicted octanol–water partition coefficient (Wildman–Crippen LogP) is 3.61. The van der Waals surface area contributed by atoms with Gasteiger partial charge in [0.25, 0.3) is 0 Å². The summed E-state index contributed by atoms with van der Waals surface area (Å²) in [6.45, 7) is 0.788. The van der Waals surface area contributed by atoms with Gasteiger partial charge in [-0.05, 0) is 42.0 Å². The molecule has 3 rings (SSSR count). The lowest BCUT2D eigenvalue weighted by molar-refractivity contribution is 0.274. The number of halogens is 1. The molecule has 0 amide bonds. The number of hydrogen-bond acceptors (Lipinski definition) is 3. The molecule has 20 heavy (non-hydrogen) atoms. The van der Waals surface area contributed by atoms with Crippen molar-refractivity contribution in [2.75, 3.05) is 0 Å². The van der Waals surface area contributed by atoms with Crippen LogP contribution in [-0.4, -0.2) is 0 Å². The molecule has 4 heteroatoms. The third-order valence-electron chi connectivity index (χ3n) is 3.07. The Morgan fingerprint density at radius 2 is 1.85 bits per heavy atom. The van der Waals surface area contributed by atoms with Gasteiger partial charge in [-0.2, -0.15) is 0 Å². The van der Waals surface area contributed by atoms with Crippen molar-refractivity contribution in [3.8, 4) is 5.75 Å². The number of furan rings is 1. The molecule has 2 N–H and O–H groups in total. The van der Waals surface area contributed by atoms with E-state index >= 15 is 0 Å². The third kappa shape index (κ3) is 2.65. The molecular weight excluding hydrogens is 257 g/mol. The molecule has 0 aliphatic rings. The molecule has 0 atom stereocenters. The summed E-state index contributed by atoms with van der Waals surface area (Å²) in [4.78, 5) is 0. The van der Waals surface area contributed by atoms with E-state index in [1.165, 1.54) is 12.1 Å². The van der Waals surface area contributed by atoms with E-state index in [0.29, 0.717) is 18.9 Å². The van der Waals surface area contributed by atoms with Crippen molar-refractivity contribution in [2.24, 2.45) is 5.73 Å². The highest BCUT2D eigenvalue weighted by Gasteiger charge is 2.05. The zero-order valence-corrected chi connectivity index (χ0v) is 10.8. The van der Waals surface area contributed by atoms with E-state index in [2.05, 4.69) is 0 Å². The highest BCUT2D eigenvalue weighted by molar-refractivity contribution is 5.78. The molecule has 0 saturated carbocycles. The lowest BCUT2D eigenvalue weighted by atomic mass is 10.2. The molecule has 1 heterocycles. The average Bonchev–Trinajstić information content (AvgIpc) is 2.88. The van der Waals surface area contributed by atoms with Crippen LogP contribution in [-0.2, 0) is 13.2 Å². The minimum atomic E-state index is -0.282. The molecule has 0 bridgehead atoms. The molecule has 102 valence electrons. The minimum absolute atomic E-state index is 0.282. The first kappa shape index (κ1) is 12.7. The Morgan fingerprint density at radius 1 is 1.05 bits per heavy atom. The van der Waals surface area contributed by atoms with Gasteiger partial charge in [0, 0.05) is 11.9 Å². The number of ether oxygens (including phenoxy) is 1. The van der Waals surface area contributed by atoms with Crippen LogP contribution in [0.3, 0.4) is 0 Å². The minimum Gasteiger partial charge on any atom is -0.486 e. The normalized spacial score (nSPS) is 10.9. The second kappa shape index (κ2) is 5.35. The van der Waals surface area contributed by atoms with Gasteiger partial charge in [-0.3, -0.25) is 0 Å². The largest absolute Gasteiger partial charge is 0.486 e. The molecule has 0 spiro atoms. The Kier molecular flexibility index (Phi) is 3.39. The van der Waals surface area contributed by atoms with Crippen LogP contribution in [0.15, 0.2) is 52.9 Å². The van der Waals surface area contributed by atoms with Gasteiger partial charge in [-0.25, -0.2) is 4.39 Å². The number of benzene rings is 2. The number of rotatable bonds is 4. The van der Waals surface area contributed by atoms with Crippen LogP contribution < -0.4 is 10.5 Å². The molecule has 0 fully saturated rings. The molecular formula is C16H14FNO2. The summed E-state index contributed by atoms with van der Waals surface area (Å²) in [6, 6.07) is 13.7. The van der Waals surface area contributed by atoms with E-state index in [-0.39, 0.29) is 5.82 Å². The first-order chi connectivity index (χ1) is 9.74. The van der Waals surface area contributed by atoms with E-state index in [9.17, 15) is 4.39 Å². The highest BCUT2D eigenvalue weighted by Crippen LogP contribution is 2.22. The Bertz CT molecular complexity index is 719. The predicted molar refractivity (Wildman–Crippen MR) is 74.8 cm³/mol. The van der Waals surface area contributed by atoms with Crippen LogP contribution in [0.1, 0.15) is 11.3 Å². The fourth-order valence-electron chi connectivity index (χ4n) is 2.01. The lowest BCUT2D eigenvalue weighted by Gasteiger charge is -2.03. The van der Waals surface area contributed by atoms with Crippen molar-refractivity contribution in [1.29, 1.82) is 0 Å². The first-order valence-corrected chi connectivity index (χ1v) is 6.34. The van der Waals surface area contributed by atoms with Gasteiger partial charge in [-0.15, -0.1) is 0 Å². The van der Waals surface area contributed by atoms with Crippen LogP contribution in [0.4, 0.5) is 4.39 Å². The lowest BCUT2D eigenvalue weighted by Crippen LogP contribution is -1.94. The second-order valence-corrected chi connectivity index (χ2v) is 4.53. The maximum absolute atomic E-state index is 12.8. The van der Waals surface area contributed by atoms with Crippen LogP contribution >= 0.6 is 0 Å². The summed E-state index contributed by atoms with van der Waals surface area (Å²) < 4.78 is 24.0. The SMILES string of the molecule is NCc1ccc2cc(COc3ccc(F)cc3)oc2c1. The van der Waals surface area contributed by atoms with Crippen LogP contribution in [0.25, 0.3) is 11.0 Å². The van der Waals surface area contributed by atoms with Crippen molar-refractivity contribution < 1.29 is 13.5 Å². The van der Waals surface area contributed by atoms with Crippen molar-refractivity contribution in [3.05, 3.63) is 65.7 Å². The van der Waals surface area contributed by atoms with Gasteiger partial charge in [-0.1, -0.05) is 12.1 Å². The molecule has 3 aromatic rings. The Balaban J connectivity index is 1.75. The van der Waals surface area contributed by atoms with E-state index < -0.39 is 0 Å². The van der Waals surface area contributed by atoms with E-state index in [1.807, 2.05) is 24.3 Å². The molecule has 0 aliphatic carbocycles. The average molecular weight is 271 g/mol. The summed E-state index contributed by atoms with van der Waals surface area (Å²) in [5.41, 5.74) is 7.42. The molecule has 3 nitrogen and oxygen atoms in total. The zero-order valence-electron chi connectivity index (χ0n) is 10.8. The van der Waals surface area contributed by atoms with Crippen molar-refractivity contribution in [3.63, 3.8) is 0 Å². The Hall–Kier alpha value is -2.33. The van der Waals surface area contributed by atoms with Crippen molar-refractivity contribution in [2.45, 2.75) is 13.2 Å². The summed E-state index contributed by atoms with van der Waals surface area (Å²) >= 11 is 0. The summed E-state index contributed by atoms with van der Waals surface area (Å²) in [5.74, 6) is 1.04.